The Balaban J connectivity index is 2.08. The predicted molar refractivity (Wildman–Crippen MR) is 75.9 cm³/mol. The Bertz CT molecular complexity index is 225. The van der Waals surface area contributed by atoms with Gasteiger partial charge in [0.15, 0.2) is 0 Å². The minimum Gasteiger partial charge on any atom is -0.403 e. The van der Waals surface area contributed by atoms with Crippen LogP contribution in [0.4, 0.5) is 0 Å². The van der Waals surface area contributed by atoms with Crippen LogP contribution in [0.1, 0.15) is 60.3 Å². The molecule has 3 nitrogen and oxygen atoms in total. The highest BCUT2D eigenvalue weighted by atomic mass is 16.7. The van der Waals surface area contributed by atoms with Gasteiger partial charge in [-0.1, -0.05) is 19.8 Å². The number of hydrogen-bond donors (Lipinski definition) is 0. The van der Waals surface area contributed by atoms with Crippen molar-refractivity contribution in [3.05, 3.63) is 0 Å². The molecule has 1 saturated heterocycles. The maximum atomic E-state index is 5.95. The third kappa shape index (κ3) is 4.56. The lowest BCUT2D eigenvalue weighted by atomic mass is 9.82. The Morgan fingerprint density at radius 3 is 2.00 bits per heavy atom. The van der Waals surface area contributed by atoms with Gasteiger partial charge in [0.1, 0.15) is 0 Å². The molecule has 0 aromatic heterocycles. The quantitative estimate of drug-likeness (QED) is 0.489. The van der Waals surface area contributed by atoms with Crippen LogP contribution in [0, 0.1) is 0 Å². The van der Waals surface area contributed by atoms with Gasteiger partial charge in [-0.05, 0) is 46.9 Å². The van der Waals surface area contributed by atoms with Crippen LogP contribution in [-0.4, -0.2) is 31.5 Å². The molecule has 1 aliphatic rings. The van der Waals surface area contributed by atoms with E-state index in [0.29, 0.717) is 0 Å². The Kier molecular flexibility index (Phi) is 6.15. The summed E-state index contributed by atoms with van der Waals surface area (Å²) in [5.74, 6) is 0. The lowest BCUT2D eigenvalue weighted by Crippen LogP contribution is -2.41. The Morgan fingerprint density at radius 1 is 0.889 bits per heavy atom. The van der Waals surface area contributed by atoms with Gasteiger partial charge in [-0.3, -0.25) is 0 Å². The zero-order valence-electron chi connectivity index (χ0n) is 12.8. The molecule has 0 radical (unpaired) electrons. The van der Waals surface area contributed by atoms with Crippen molar-refractivity contribution in [3.63, 3.8) is 0 Å². The molecule has 0 spiro atoms. The van der Waals surface area contributed by atoms with Gasteiger partial charge in [-0.2, -0.15) is 0 Å². The van der Waals surface area contributed by atoms with Crippen LogP contribution in [-0.2, 0) is 14.0 Å². The molecule has 1 rings (SSSR count). The highest BCUT2D eigenvalue weighted by Crippen LogP contribution is 2.37. The maximum absolute atomic E-state index is 5.95. The fourth-order valence-electron chi connectivity index (χ4n) is 1.95. The molecule has 1 heterocycles. The second-order valence-corrected chi connectivity index (χ2v) is 6.15. The SMILES string of the molecule is CCCCOCCCCB1OC(C)(C)C(C)(C)O1. The van der Waals surface area contributed by atoms with E-state index in [2.05, 4.69) is 34.6 Å². The molecule has 0 saturated carbocycles. The number of rotatable bonds is 8. The standard InChI is InChI=1S/C14H29BO3/c1-6-7-11-16-12-9-8-10-15-17-13(2,3)14(4,5)18-15/h6-12H2,1-5H3. The highest BCUT2D eigenvalue weighted by molar-refractivity contribution is 6.45. The van der Waals surface area contributed by atoms with Crippen LogP contribution >= 0.6 is 0 Å². The van der Waals surface area contributed by atoms with Gasteiger partial charge < -0.3 is 14.0 Å². The molecule has 0 bridgehead atoms. The first kappa shape index (κ1) is 16.0. The first-order valence-corrected chi connectivity index (χ1v) is 7.32. The zero-order chi connectivity index (χ0) is 13.6. The van der Waals surface area contributed by atoms with E-state index in [1.165, 1.54) is 6.42 Å². The molecule has 18 heavy (non-hydrogen) atoms. The summed E-state index contributed by atoms with van der Waals surface area (Å²) in [5.41, 5.74) is -0.398. The Hall–Kier alpha value is -0.0551. The Labute approximate surface area is 113 Å². The third-order valence-corrected chi connectivity index (χ3v) is 3.92. The van der Waals surface area contributed by atoms with E-state index in [0.717, 1.165) is 38.8 Å². The van der Waals surface area contributed by atoms with Gasteiger partial charge in [-0.15, -0.1) is 0 Å². The van der Waals surface area contributed by atoms with Gasteiger partial charge in [0.05, 0.1) is 11.2 Å². The highest BCUT2D eigenvalue weighted by Gasteiger charge is 2.50. The molecular weight excluding hydrogens is 227 g/mol. The van der Waals surface area contributed by atoms with E-state index >= 15 is 0 Å². The topological polar surface area (TPSA) is 27.7 Å². The summed E-state index contributed by atoms with van der Waals surface area (Å²) >= 11 is 0. The maximum Gasteiger partial charge on any atom is 0.457 e. The van der Waals surface area contributed by atoms with Gasteiger partial charge in [0.2, 0.25) is 0 Å². The van der Waals surface area contributed by atoms with Crippen LogP contribution in [0.15, 0.2) is 0 Å². The van der Waals surface area contributed by atoms with Crippen molar-refractivity contribution in [2.24, 2.45) is 0 Å². The van der Waals surface area contributed by atoms with Gasteiger partial charge in [0.25, 0.3) is 0 Å². The summed E-state index contributed by atoms with van der Waals surface area (Å²) in [6.45, 7) is 12.3. The molecule has 0 aliphatic carbocycles. The van der Waals surface area contributed by atoms with Crippen molar-refractivity contribution in [2.75, 3.05) is 13.2 Å². The lowest BCUT2D eigenvalue weighted by Gasteiger charge is -2.32. The fraction of sp³-hybridized carbons (Fsp3) is 1.00. The normalized spacial score (nSPS) is 21.5. The fourth-order valence-corrected chi connectivity index (χ4v) is 1.95. The molecule has 0 aromatic rings. The first-order chi connectivity index (χ1) is 8.39. The van der Waals surface area contributed by atoms with Crippen molar-refractivity contribution in [1.82, 2.24) is 0 Å². The average Bonchev–Trinajstić information content (AvgIpc) is 2.46. The predicted octanol–water partition coefficient (Wildman–Crippen LogP) is 3.68. The van der Waals surface area contributed by atoms with Crippen LogP contribution in [0.25, 0.3) is 0 Å². The Morgan fingerprint density at radius 2 is 1.44 bits per heavy atom. The first-order valence-electron chi connectivity index (χ1n) is 7.32. The van der Waals surface area contributed by atoms with Crippen molar-refractivity contribution >= 4 is 7.12 Å². The summed E-state index contributed by atoms with van der Waals surface area (Å²) in [6, 6.07) is 0. The monoisotopic (exact) mass is 256 g/mol. The minimum absolute atomic E-state index is 0.0503. The largest absolute Gasteiger partial charge is 0.457 e. The second kappa shape index (κ2) is 6.92. The molecular formula is C14H29BO3. The number of ether oxygens (including phenoxy) is 1. The van der Waals surface area contributed by atoms with Gasteiger partial charge in [0, 0.05) is 13.2 Å². The molecule has 1 fully saturated rings. The second-order valence-electron chi connectivity index (χ2n) is 6.15. The molecule has 0 amide bonds. The van der Waals surface area contributed by atoms with Gasteiger partial charge in [-0.25, -0.2) is 0 Å². The third-order valence-electron chi connectivity index (χ3n) is 3.92. The van der Waals surface area contributed by atoms with Crippen molar-refractivity contribution in [1.29, 1.82) is 0 Å². The van der Waals surface area contributed by atoms with E-state index in [9.17, 15) is 0 Å². The summed E-state index contributed by atoms with van der Waals surface area (Å²) in [5, 5.41) is 0. The average molecular weight is 256 g/mol. The van der Waals surface area contributed by atoms with Crippen LogP contribution in [0.3, 0.4) is 0 Å². The van der Waals surface area contributed by atoms with E-state index in [1.54, 1.807) is 0 Å². The van der Waals surface area contributed by atoms with E-state index < -0.39 is 0 Å². The molecule has 4 heteroatoms. The number of unbranched alkanes of at least 4 members (excludes halogenated alkanes) is 2. The smallest absolute Gasteiger partial charge is 0.403 e. The molecule has 0 aromatic carbocycles. The molecule has 106 valence electrons. The van der Waals surface area contributed by atoms with E-state index in [-0.39, 0.29) is 18.3 Å². The van der Waals surface area contributed by atoms with E-state index in [1.807, 2.05) is 0 Å². The molecule has 1 aliphatic heterocycles. The van der Waals surface area contributed by atoms with Crippen molar-refractivity contribution < 1.29 is 14.0 Å². The lowest BCUT2D eigenvalue weighted by molar-refractivity contribution is 0.00578. The van der Waals surface area contributed by atoms with Crippen molar-refractivity contribution in [3.8, 4) is 0 Å². The van der Waals surface area contributed by atoms with Crippen LogP contribution in [0.5, 0.6) is 0 Å². The summed E-state index contributed by atoms with van der Waals surface area (Å²) in [7, 11) is -0.0503. The summed E-state index contributed by atoms with van der Waals surface area (Å²) in [4.78, 5) is 0. The molecule has 0 N–H and O–H groups in total. The van der Waals surface area contributed by atoms with Crippen LogP contribution < -0.4 is 0 Å². The van der Waals surface area contributed by atoms with E-state index in [4.69, 9.17) is 14.0 Å². The minimum atomic E-state index is -0.199. The molecule has 0 atom stereocenters. The summed E-state index contributed by atoms with van der Waals surface area (Å²) in [6.07, 6.45) is 5.52. The number of hydrogen-bond acceptors (Lipinski definition) is 3. The van der Waals surface area contributed by atoms with Crippen LogP contribution in [0.2, 0.25) is 6.32 Å². The summed E-state index contributed by atoms with van der Waals surface area (Å²) < 4.78 is 17.4. The van der Waals surface area contributed by atoms with Gasteiger partial charge >= 0.3 is 7.12 Å². The van der Waals surface area contributed by atoms with Crippen molar-refractivity contribution in [2.45, 2.75) is 77.8 Å². The zero-order valence-corrected chi connectivity index (χ0v) is 12.8. The molecule has 0 unspecified atom stereocenters.